The highest BCUT2D eigenvalue weighted by atomic mass is 32.3. The number of rotatable bonds is 9. The van der Waals surface area contributed by atoms with Crippen molar-refractivity contribution in [3.63, 3.8) is 0 Å². The highest BCUT2D eigenvalue weighted by Crippen LogP contribution is 2.06. The third kappa shape index (κ3) is 8.18. The van der Waals surface area contributed by atoms with Gasteiger partial charge in [0.1, 0.15) is 0 Å². The summed E-state index contributed by atoms with van der Waals surface area (Å²) >= 11 is 0. The van der Waals surface area contributed by atoms with Crippen LogP contribution in [0, 0.1) is 0 Å². The van der Waals surface area contributed by atoms with E-state index in [0.29, 0.717) is 12.8 Å². The van der Waals surface area contributed by atoms with E-state index in [1.165, 1.54) is 0 Å². The minimum absolute atomic E-state index is 0.348. The third-order valence-corrected chi connectivity index (χ3v) is 2.87. The number of nitrogens with zero attached hydrogens (tertiary/aromatic N) is 1. The van der Waals surface area contributed by atoms with Crippen LogP contribution in [0.1, 0.15) is 12.8 Å². The Labute approximate surface area is 108 Å². The zero-order valence-electron chi connectivity index (χ0n) is 10.9. The normalized spacial score (nSPS) is 13.3. The molecule has 0 rings (SSSR count). The Morgan fingerprint density at radius 1 is 1.50 bits per heavy atom. The highest BCUT2D eigenvalue weighted by Gasteiger charge is 2.20. The molecule has 0 aliphatic rings. The second-order valence-electron chi connectivity index (χ2n) is 3.82. The molecule has 0 aromatic heterocycles. The van der Waals surface area contributed by atoms with Crippen LogP contribution in [-0.2, 0) is 23.6 Å². The molecule has 0 bridgehead atoms. The predicted octanol–water partition coefficient (Wildman–Crippen LogP) is -0.136. The zero-order chi connectivity index (χ0) is 14.2. The van der Waals surface area contributed by atoms with Gasteiger partial charge in [0.05, 0.1) is 7.11 Å². The lowest BCUT2D eigenvalue weighted by Crippen LogP contribution is -2.38. The molecule has 1 amide bonds. The summed E-state index contributed by atoms with van der Waals surface area (Å²) in [5, 5.41) is 2.37. The van der Waals surface area contributed by atoms with E-state index in [1.54, 1.807) is 0 Å². The standard InChI is InChI=1S/C10H20N2O5S/c1-5-9(13)11-10(7-6-8-12(2)3)17-18(14,15)16-4/h5,10H,1,6-8H2,2-4H3,(H,11,13). The molecule has 0 aromatic carbocycles. The van der Waals surface area contributed by atoms with E-state index in [1.807, 2.05) is 19.0 Å². The minimum Gasteiger partial charge on any atom is -0.326 e. The Bertz CT molecular complexity index is 366. The van der Waals surface area contributed by atoms with Gasteiger partial charge in [0, 0.05) is 0 Å². The smallest absolute Gasteiger partial charge is 0.326 e. The lowest BCUT2D eigenvalue weighted by atomic mass is 10.2. The fourth-order valence-electron chi connectivity index (χ4n) is 1.14. The second-order valence-corrected chi connectivity index (χ2v) is 5.16. The maximum atomic E-state index is 11.1. The van der Waals surface area contributed by atoms with Crippen LogP contribution in [0.15, 0.2) is 12.7 Å². The molecule has 0 spiro atoms. The molecule has 1 atom stereocenters. The van der Waals surface area contributed by atoms with Crippen LogP contribution < -0.4 is 5.32 Å². The zero-order valence-corrected chi connectivity index (χ0v) is 11.7. The van der Waals surface area contributed by atoms with Crippen LogP contribution in [0.2, 0.25) is 0 Å². The maximum absolute atomic E-state index is 11.1. The molecule has 8 heteroatoms. The SMILES string of the molecule is C=CC(=O)NC(CCCN(C)C)OS(=O)(=O)OC. The molecule has 0 aromatic rings. The number of carbonyl (C=O) groups excluding carboxylic acids is 1. The topological polar surface area (TPSA) is 84.9 Å². The molecule has 0 fully saturated rings. The van der Waals surface area contributed by atoms with Crippen LogP contribution in [-0.4, -0.2) is 53.2 Å². The Kier molecular flexibility index (Phi) is 7.76. The van der Waals surface area contributed by atoms with Crippen LogP contribution >= 0.6 is 0 Å². The molecule has 1 unspecified atom stereocenters. The van der Waals surface area contributed by atoms with E-state index in [2.05, 4.69) is 16.1 Å². The molecule has 1 N–H and O–H groups in total. The predicted molar refractivity (Wildman–Crippen MR) is 66.9 cm³/mol. The van der Waals surface area contributed by atoms with Crippen molar-refractivity contribution in [2.24, 2.45) is 0 Å². The van der Waals surface area contributed by atoms with Gasteiger partial charge in [0.2, 0.25) is 5.91 Å². The third-order valence-electron chi connectivity index (χ3n) is 2.00. The summed E-state index contributed by atoms with van der Waals surface area (Å²) < 4.78 is 31.2. The Morgan fingerprint density at radius 2 is 2.11 bits per heavy atom. The summed E-state index contributed by atoms with van der Waals surface area (Å²) in [6.45, 7) is 4.03. The molecule has 0 saturated carbocycles. The van der Waals surface area contributed by atoms with Crippen LogP contribution in [0.4, 0.5) is 0 Å². The van der Waals surface area contributed by atoms with Crippen LogP contribution in [0.5, 0.6) is 0 Å². The van der Waals surface area contributed by atoms with Gasteiger partial charge in [-0.15, -0.1) is 0 Å². The number of carbonyl (C=O) groups is 1. The van der Waals surface area contributed by atoms with Crippen molar-refractivity contribution in [1.82, 2.24) is 10.2 Å². The largest absolute Gasteiger partial charge is 0.401 e. The quantitative estimate of drug-likeness (QED) is 0.467. The first-order valence-corrected chi connectivity index (χ1v) is 6.70. The summed E-state index contributed by atoms with van der Waals surface area (Å²) in [5.74, 6) is -0.504. The van der Waals surface area contributed by atoms with E-state index in [9.17, 15) is 13.2 Å². The van der Waals surface area contributed by atoms with E-state index >= 15 is 0 Å². The summed E-state index contributed by atoms with van der Waals surface area (Å²) in [7, 11) is 0.688. The van der Waals surface area contributed by atoms with Crippen molar-refractivity contribution in [3.8, 4) is 0 Å². The van der Waals surface area contributed by atoms with E-state index < -0.39 is 22.5 Å². The van der Waals surface area contributed by atoms with Gasteiger partial charge >= 0.3 is 10.4 Å². The number of hydrogen-bond donors (Lipinski definition) is 1. The molecular weight excluding hydrogens is 260 g/mol. The first-order valence-electron chi connectivity index (χ1n) is 5.37. The summed E-state index contributed by atoms with van der Waals surface area (Å²) in [5.41, 5.74) is 0. The molecule has 0 aliphatic carbocycles. The number of hydrogen-bond acceptors (Lipinski definition) is 6. The van der Waals surface area contributed by atoms with Crippen molar-refractivity contribution >= 4 is 16.3 Å². The van der Waals surface area contributed by atoms with E-state index in [-0.39, 0.29) is 0 Å². The molecule has 0 aliphatic heterocycles. The van der Waals surface area contributed by atoms with Crippen molar-refractivity contribution in [3.05, 3.63) is 12.7 Å². The summed E-state index contributed by atoms with van der Waals surface area (Å²) in [6.07, 6.45) is 1.09. The summed E-state index contributed by atoms with van der Waals surface area (Å²) in [6, 6.07) is 0. The average Bonchev–Trinajstić information content (AvgIpc) is 2.27. The molecular formula is C10H20N2O5S. The van der Waals surface area contributed by atoms with Crippen molar-refractivity contribution in [1.29, 1.82) is 0 Å². The second kappa shape index (κ2) is 8.20. The van der Waals surface area contributed by atoms with Gasteiger partial charge in [-0.2, -0.15) is 8.42 Å². The fourth-order valence-corrected chi connectivity index (χ4v) is 1.64. The monoisotopic (exact) mass is 280 g/mol. The van der Waals surface area contributed by atoms with Gasteiger partial charge in [-0.05, 0) is 39.6 Å². The first-order chi connectivity index (χ1) is 8.30. The van der Waals surface area contributed by atoms with E-state index in [0.717, 1.165) is 19.7 Å². The molecule has 0 radical (unpaired) electrons. The Morgan fingerprint density at radius 3 is 2.56 bits per heavy atom. The van der Waals surface area contributed by atoms with Crippen molar-refractivity contribution < 1.29 is 21.6 Å². The van der Waals surface area contributed by atoms with Gasteiger partial charge in [-0.1, -0.05) is 6.58 Å². The van der Waals surface area contributed by atoms with Gasteiger partial charge < -0.3 is 10.2 Å². The lowest BCUT2D eigenvalue weighted by molar-refractivity contribution is -0.119. The lowest BCUT2D eigenvalue weighted by Gasteiger charge is -2.18. The van der Waals surface area contributed by atoms with Crippen molar-refractivity contribution in [2.45, 2.75) is 19.1 Å². The molecule has 18 heavy (non-hydrogen) atoms. The van der Waals surface area contributed by atoms with Gasteiger partial charge in [-0.25, -0.2) is 4.18 Å². The van der Waals surface area contributed by atoms with Gasteiger partial charge in [-0.3, -0.25) is 8.98 Å². The Hall–Kier alpha value is -0.960. The molecule has 0 heterocycles. The van der Waals surface area contributed by atoms with E-state index in [4.69, 9.17) is 4.18 Å². The fraction of sp³-hybridized carbons (Fsp3) is 0.700. The molecule has 0 saturated heterocycles. The highest BCUT2D eigenvalue weighted by molar-refractivity contribution is 7.81. The number of amides is 1. The van der Waals surface area contributed by atoms with Crippen molar-refractivity contribution in [2.75, 3.05) is 27.7 Å². The minimum atomic E-state index is -4.09. The first kappa shape index (κ1) is 17.0. The maximum Gasteiger partial charge on any atom is 0.401 e. The Balaban J connectivity index is 4.42. The van der Waals surface area contributed by atoms with Gasteiger partial charge in [0.15, 0.2) is 6.23 Å². The molecule has 106 valence electrons. The van der Waals surface area contributed by atoms with Crippen LogP contribution in [0.3, 0.4) is 0 Å². The average molecular weight is 280 g/mol. The van der Waals surface area contributed by atoms with Gasteiger partial charge in [0.25, 0.3) is 0 Å². The molecule has 7 nitrogen and oxygen atoms in total. The van der Waals surface area contributed by atoms with Crippen LogP contribution in [0.25, 0.3) is 0 Å². The summed E-state index contributed by atoms with van der Waals surface area (Å²) in [4.78, 5) is 13.1. The number of nitrogens with one attached hydrogen (secondary N) is 1.